The Bertz CT molecular complexity index is 2680. The Labute approximate surface area is 477 Å². The summed E-state index contributed by atoms with van der Waals surface area (Å²) >= 11 is 0. The number of carboxylic acid groups (broad SMARTS) is 3. The summed E-state index contributed by atoms with van der Waals surface area (Å²) < 4.78 is 254. The van der Waals surface area contributed by atoms with E-state index in [1.165, 1.54) is 4.72 Å². The van der Waals surface area contributed by atoms with E-state index in [9.17, 15) is 129 Å². The minimum atomic E-state index is -6.09. The van der Waals surface area contributed by atoms with Crippen molar-refractivity contribution in [2.24, 2.45) is 0 Å². The molecule has 20 atom stereocenters. The van der Waals surface area contributed by atoms with Gasteiger partial charge in [-0.05, 0) is 0 Å². The van der Waals surface area contributed by atoms with E-state index >= 15 is 0 Å². The summed E-state index contributed by atoms with van der Waals surface area (Å²) in [5.41, 5.74) is 0. The topological polar surface area (TPSA) is 648 Å². The van der Waals surface area contributed by atoms with E-state index in [4.69, 9.17) is 47.6 Å². The maximum atomic E-state index is 12.7. The molecule has 0 saturated carbocycles. The molecule has 50 heteroatoms. The molecule has 0 radical (unpaired) electrons. The van der Waals surface area contributed by atoms with Gasteiger partial charge in [0.05, 0.1) is 13.2 Å². The molecule has 4 rings (SSSR count). The van der Waals surface area contributed by atoms with Crippen molar-refractivity contribution < 1.29 is 246 Å². The largest absolute Gasteiger partial charge is 1.00 e. The fraction of sp³-hybridized carbons (Fsp3) is 0.857. The number of aliphatic carboxylic acids is 3. The van der Waals surface area contributed by atoms with Crippen molar-refractivity contribution in [3.63, 3.8) is 0 Å². The summed E-state index contributed by atoms with van der Waals surface area (Å²) in [4.78, 5) is 45.3. The van der Waals surface area contributed by atoms with Crippen LogP contribution in [0.4, 0.5) is 13.2 Å². The van der Waals surface area contributed by atoms with Crippen molar-refractivity contribution in [2.45, 2.75) is 136 Å². The monoisotopic (exact) mass is 1290 g/mol. The molecular formula is C28H44F3KN2O39S5. The van der Waals surface area contributed by atoms with Gasteiger partial charge in [0.25, 0.3) is 0 Å². The summed E-state index contributed by atoms with van der Waals surface area (Å²) in [6.45, 7) is -2.24. The number of aliphatic hydroxyl groups excluding tert-OH is 6. The van der Waals surface area contributed by atoms with Crippen LogP contribution in [0, 0.1) is 0 Å². The third-order valence-corrected chi connectivity index (χ3v) is 12.3. The zero-order chi connectivity index (χ0) is 59.5. The number of halogens is 3. The molecule has 0 spiro atoms. The van der Waals surface area contributed by atoms with E-state index in [1.807, 2.05) is 5.32 Å². The Kier molecular flexibility index (Phi) is 26.1. The first-order valence-corrected chi connectivity index (χ1v) is 26.6. The summed E-state index contributed by atoms with van der Waals surface area (Å²) in [5.74, 6) is -8.24. The van der Waals surface area contributed by atoms with Gasteiger partial charge in [-0.15, -0.1) is 0 Å². The number of alkyl halides is 3. The van der Waals surface area contributed by atoms with Gasteiger partial charge in [-0.25, -0.2) is 31.1 Å². The van der Waals surface area contributed by atoms with Crippen LogP contribution in [0.3, 0.4) is 0 Å². The van der Waals surface area contributed by atoms with Crippen molar-refractivity contribution in [1.29, 1.82) is 0 Å². The van der Waals surface area contributed by atoms with E-state index < -0.39 is 218 Å². The van der Waals surface area contributed by atoms with Crippen LogP contribution >= 0.6 is 0 Å². The summed E-state index contributed by atoms with van der Waals surface area (Å²) in [5, 5.41) is 93.1. The van der Waals surface area contributed by atoms with Gasteiger partial charge in [0.1, 0.15) is 73.1 Å². The normalized spacial score (nSPS) is 36.2. The van der Waals surface area contributed by atoms with Gasteiger partial charge >= 0.3 is 127 Å². The number of ether oxygens (including phenoxy) is 7. The molecule has 0 aromatic heterocycles. The number of carbonyl (C=O) groups is 4. The minimum Gasteiger partial charge on any atom is -1.00 e. The van der Waals surface area contributed by atoms with Crippen LogP contribution < -0.4 is 61.4 Å². The number of rotatable bonds is 21. The molecule has 0 aromatic carbocycles. The van der Waals surface area contributed by atoms with Gasteiger partial charge in [-0.1, -0.05) is 0 Å². The Morgan fingerprint density at radius 2 is 0.987 bits per heavy atom. The van der Waals surface area contributed by atoms with Gasteiger partial charge in [-0.3, -0.25) is 27.6 Å². The first-order chi connectivity index (χ1) is 34.8. The fourth-order valence-electron chi connectivity index (χ4n) is 7.05. The van der Waals surface area contributed by atoms with Crippen LogP contribution in [-0.4, -0.2) is 277 Å². The molecule has 0 unspecified atom stereocenters. The average molecular weight is 1290 g/mol. The van der Waals surface area contributed by atoms with Crippen molar-refractivity contribution in [2.75, 3.05) is 13.2 Å². The number of carboxylic acids is 3. The first-order valence-electron chi connectivity index (χ1n) is 19.7. The quantitative estimate of drug-likeness (QED) is 0.0375. The van der Waals surface area contributed by atoms with Gasteiger partial charge < -0.3 is 85.9 Å². The molecule has 16 N–H and O–H groups in total. The van der Waals surface area contributed by atoms with Gasteiger partial charge in [0.15, 0.2) is 49.6 Å². The maximum absolute atomic E-state index is 12.7. The predicted octanol–water partition coefficient (Wildman–Crippen LogP) is -13.0. The number of hydrogen-bond donors (Lipinski definition) is 16. The standard InChI is InChI=1S/C26H42N2O37S5.C2HF3O2.K.H/c1-4(30)27-7-9(31)13(6(56-23(7)39)3-55-67(43,44)45)58-26-19(65-70(52,53)54)12(34)16(20(62-26)22(37)38)60-24-8(28-66(40,41)42)15(63-68(46,47)48)14(5(2-29)57-24)59-25-18(64-69(49,50)51)11(33)10(32)17(61-25)21(35)36;3-2(4,5)1(6)7;;/h5-20,23-26,28-29,31-34,39H,2-3H2,1H3,(H,27,30)(H,35,36)(H,37,38)(H,40,41,42)(H,43,44,45)(H,46,47,48)(H,49,50,51)(H,52,53,54);(H,6,7);;/q;;+1;-1/t5-,6+,7-,8-,9-,10-,11-,12+,13-,14-,15-,16+,17-,18+,19-,20+,23-,24+,25+,26-;;;/m1.../s1. The first kappa shape index (κ1) is 72.2. The molecular weight excluding hydrogens is 1240 g/mol. The third-order valence-electron chi connectivity index (χ3n) is 9.92. The molecule has 78 heavy (non-hydrogen) atoms. The second-order valence-electron chi connectivity index (χ2n) is 15.4. The summed E-state index contributed by atoms with van der Waals surface area (Å²) in [6, 6.07) is -4.96. The minimum absolute atomic E-state index is 0. The van der Waals surface area contributed by atoms with Crippen LogP contribution in [0.15, 0.2) is 0 Å². The maximum Gasteiger partial charge on any atom is 1.00 e. The molecule has 4 aliphatic rings. The summed E-state index contributed by atoms with van der Waals surface area (Å²) in [6.07, 6.45) is -54.2. The van der Waals surface area contributed by atoms with Crippen molar-refractivity contribution in [3.8, 4) is 0 Å². The molecule has 1 amide bonds. The van der Waals surface area contributed by atoms with E-state index in [-0.39, 0.29) is 52.8 Å². The van der Waals surface area contributed by atoms with E-state index in [1.54, 1.807) is 0 Å². The molecule has 4 saturated heterocycles. The number of amides is 1. The third kappa shape index (κ3) is 21.4. The van der Waals surface area contributed by atoms with Crippen molar-refractivity contribution in [1.82, 2.24) is 10.0 Å². The molecule has 41 nitrogen and oxygen atoms in total. The van der Waals surface area contributed by atoms with Gasteiger partial charge in [-0.2, -0.15) is 60.0 Å². The van der Waals surface area contributed by atoms with Crippen LogP contribution in [-0.2, 0) is 121 Å². The molecule has 0 bridgehead atoms. The molecule has 452 valence electrons. The SMILES string of the molecule is CC(=O)N[C@@H]1[C@@H](O)[C@H](O[C@@H]2O[C@H](C(=O)O)[C@@H](O[C@@H]3O[C@H](CO)[C@@H](O[C@H]4O[C@@H](C(=O)O)[C@H](O)[C@@H](O)[C@@H]4OS(=O)(=O)O)[C@H](OS(=O)(=O)O)[C@H]3NS(=O)(=O)O)[C@H](O)[C@H]2OS(=O)(=O)O)[C@H](COS(=O)(=O)O)O[C@H]1O.O=C(O)C(F)(F)F.[H-].[K+]. The van der Waals surface area contributed by atoms with Crippen LogP contribution in [0.5, 0.6) is 0 Å². The molecule has 4 fully saturated rings. The van der Waals surface area contributed by atoms with E-state index in [2.05, 4.69) is 16.7 Å². The Hall–Kier alpha value is -1.86. The zero-order valence-corrected chi connectivity index (χ0v) is 45.3. The number of carbonyl (C=O) groups excluding carboxylic acids is 1. The van der Waals surface area contributed by atoms with Crippen molar-refractivity contribution >= 4 is 75.7 Å². The van der Waals surface area contributed by atoms with Crippen LogP contribution in [0.2, 0.25) is 0 Å². The number of hydrogen-bond acceptors (Lipinski definition) is 31. The van der Waals surface area contributed by atoms with E-state index in [0.717, 1.165) is 6.92 Å². The van der Waals surface area contributed by atoms with E-state index in [0.29, 0.717) is 0 Å². The smallest absolute Gasteiger partial charge is 1.00 e. The van der Waals surface area contributed by atoms with Crippen LogP contribution in [0.25, 0.3) is 0 Å². The second kappa shape index (κ2) is 28.1. The Balaban J connectivity index is 0.00000324. The fourth-order valence-corrected chi connectivity index (χ4v) is 9.43. The average Bonchev–Trinajstić information content (AvgIpc) is 3.23. The summed E-state index contributed by atoms with van der Waals surface area (Å²) in [7, 11) is -29.1. The van der Waals surface area contributed by atoms with Crippen molar-refractivity contribution in [3.05, 3.63) is 0 Å². The van der Waals surface area contributed by atoms with Gasteiger partial charge in [0.2, 0.25) is 5.91 Å². The predicted molar refractivity (Wildman–Crippen MR) is 216 cm³/mol. The Morgan fingerprint density at radius 1 is 0.551 bits per heavy atom. The molecule has 4 heterocycles. The molecule has 4 aliphatic heterocycles. The second-order valence-corrected chi connectivity index (χ2v) is 20.8. The van der Waals surface area contributed by atoms with Gasteiger partial charge in [0, 0.05) is 6.92 Å². The number of aliphatic hydroxyl groups is 6. The molecule has 0 aliphatic carbocycles. The zero-order valence-electron chi connectivity index (χ0n) is 39.1. The number of nitrogens with one attached hydrogen (secondary N) is 2. The molecule has 0 aromatic rings. The van der Waals surface area contributed by atoms with Crippen LogP contribution in [0.1, 0.15) is 8.35 Å². The Morgan fingerprint density at radius 3 is 1.40 bits per heavy atom.